The van der Waals surface area contributed by atoms with Crippen molar-refractivity contribution in [2.24, 2.45) is 0 Å². The van der Waals surface area contributed by atoms with Crippen molar-refractivity contribution in [1.29, 1.82) is 0 Å². The molecule has 1 aliphatic heterocycles. The first kappa shape index (κ1) is 12.7. The molecular weight excluding hydrogens is 256 g/mol. The zero-order valence-electron chi connectivity index (χ0n) is 11.2. The molecule has 1 aromatic heterocycles. The Kier molecular flexibility index (Phi) is 3.37. The molecule has 6 nitrogen and oxygen atoms in total. The highest BCUT2D eigenvalue weighted by Crippen LogP contribution is 2.33. The topological polar surface area (TPSA) is 71.1 Å². The third-order valence-electron chi connectivity index (χ3n) is 3.63. The monoisotopic (exact) mass is 272 g/mol. The number of benzene rings is 1. The Morgan fingerprint density at radius 1 is 1.40 bits per heavy atom. The van der Waals surface area contributed by atoms with Gasteiger partial charge in [0.15, 0.2) is 0 Å². The standard InChI is InChI=1S/C14H16N4O2/c1-20-11-6-4-10(5-7-11)12-3-2-8-18(12)14(19)13-15-9-16-17-13/h4-7,9,12H,2-3,8H2,1H3,(H,15,16,17). The number of H-pyrrole nitrogens is 1. The second-order valence-corrected chi connectivity index (χ2v) is 4.76. The molecule has 0 spiro atoms. The van der Waals surface area contributed by atoms with Crippen LogP contribution in [0, 0.1) is 0 Å². The summed E-state index contributed by atoms with van der Waals surface area (Å²) < 4.78 is 5.16. The van der Waals surface area contributed by atoms with E-state index in [0.717, 1.165) is 30.7 Å². The van der Waals surface area contributed by atoms with Gasteiger partial charge in [-0.05, 0) is 30.5 Å². The van der Waals surface area contributed by atoms with Gasteiger partial charge >= 0.3 is 0 Å². The Morgan fingerprint density at radius 2 is 2.20 bits per heavy atom. The molecule has 1 N–H and O–H groups in total. The number of nitrogens with one attached hydrogen (secondary N) is 1. The highest BCUT2D eigenvalue weighted by Gasteiger charge is 2.31. The van der Waals surface area contributed by atoms with Gasteiger partial charge in [-0.3, -0.25) is 9.89 Å². The minimum Gasteiger partial charge on any atom is -0.497 e. The Morgan fingerprint density at radius 3 is 2.85 bits per heavy atom. The SMILES string of the molecule is COc1ccc(C2CCCN2C(=O)c2ncn[nH]2)cc1. The van der Waals surface area contributed by atoms with Gasteiger partial charge in [-0.1, -0.05) is 12.1 Å². The molecule has 1 aliphatic rings. The van der Waals surface area contributed by atoms with E-state index in [1.807, 2.05) is 29.2 Å². The van der Waals surface area contributed by atoms with Crippen LogP contribution in [0.4, 0.5) is 0 Å². The van der Waals surface area contributed by atoms with Gasteiger partial charge in [0.2, 0.25) is 5.82 Å². The lowest BCUT2D eigenvalue weighted by Crippen LogP contribution is -2.31. The fourth-order valence-corrected chi connectivity index (χ4v) is 2.63. The second kappa shape index (κ2) is 5.32. The van der Waals surface area contributed by atoms with Gasteiger partial charge in [-0.25, -0.2) is 4.98 Å². The summed E-state index contributed by atoms with van der Waals surface area (Å²) in [7, 11) is 1.64. The van der Waals surface area contributed by atoms with Crippen molar-refractivity contribution in [3.8, 4) is 5.75 Å². The minimum absolute atomic E-state index is 0.0958. The molecule has 0 radical (unpaired) electrons. The number of methoxy groups -OCH3 is 1. The molecule has 0 aliphatic carbocycles. The first-order valence-electron chi connectivity index (χ1n) is 6.60. The third kappa shape index (κ3) is 2.24. The maximum Gasteiger partial charge on any atom is 0.291 e. The van der Waals surface area contributed by atoms with Crippen LogP contribution in [0.2, 0.25) is 0 Å². The molecule has 104 valence electrons. The molecule has 1 saturated heterocycles. The molecule has 0 saturated carbocycles. The van der Waals surface area contributed by atoms with Crippen molar-refractivity contribution < 1.29 is 9.53 Å². The summed E-state index contributed by atoms with van der Waals surface area (Å²) in [6.07, 6.45) is 3.31. The first-order valence-corrected chi connectivity index (χ1v) is 6.60. The lowest BCUT2D eigenvalue weighted by atomic mass is 10.0. The molecule has 1 aromatic carbocycles. The summed E-state index contributed by atoms with van der Waals surface area (Å²) in [5.41, 5.74) is 1.12. The van der Waals surface area contributed by atoms with Crippen molar-refractivity contribution in [1.82, 2.24) is 20.1 Å². The van der Waals surface area contributed by atoms with E-state index in [9.17, 15) is 4.79 Å². The van der Waals surface area contributed by atoms with Gasteiger partial charge in [0.05, 0.1) is 13.2 Å². The van der Waals surface area contributed by atoms with Crippen LogP contribution in [0.1, 0.15) is 35.1 Å². The van der Waals surface area contributed by atoms with Crippen LogP contribution in [0.15, 0.2) is 30.6 Å². The van der Waals surface area contributed by atoms with Gasteiger partial charge in [0.25, 0.3) is 5.91 Å². The summed E-state index contributed by atoms with van der Waals surface area (Å²) in [4.78, 5) is 18.2. The fourth-order valence-electron chi connectivity index (χ4n) is 2.63. The van der Waals surface area contributed by atoms with E-state index >= 15 is 0 Å². The van der Waals surface area contributed by atoms with E-state index in [-0.39, 0.29) is 11.9 Å². The zero-order chi connectivity index (χ0) is 13.9. The number of aromatic nitrogens is 3. The molecule has 20 heavy (non-hydrogen) atoms. The Hall–Kier alpha value is -2.37. The zero-order valence-corrected chi connectivity index (χ0v) is 11.2. The number of carbonyl (C=O) groups is 1. The fraction of sp³-hybridized carbons (Fsp3) is 0.357. The number of hydrogen-bond donors (Lipinski definition) is 1. The highest BCUT2D eigenvalue weighted by molar-refractivity contribution is 5.90. The smallest absolute Gasteiger partial charge is 0.291 e. The molecule has 2 aromatic rings. The van der Waals surface area contributed by atoms with Crippen molar-refractivity contribution in [3.63, 3.8) is 0 Å². The number of ether oxygens (including phenoxy) is 1. The van der Waals surface area contributed by atoms with Crippen molar-refractivity contribution in [2.75, 3.05) is 13.7 Å². The molecule has 1 amide bonds. The van der Waals surface area contributed by atoms with Crippen LogP contribution in [0.3, 0.4) is 0 Å². The van der Waals surface area contributed by atoms with Gasteiger partial charge in [-0.15, -0.1) is 0 Å². The number of aromatic amines is 1. The van der Waals surface area contributed by atoms with Crippen molar-refractivity contribution in [3.05, 3.63) is 42.0 Å². The van der Waals surface area contributed by atoms with E-state index in [4.69, 9.17) is 4.74 Å². The van der Waals surface area contributed by atoms with E-state index in [1.165, 1.54) is 6.33 Å². The number of hydrogen-bond acceptors (Lipinski definition) is 4. The van der Waals surface area contributed by atoms with Gasteiger partial charge in [0.1, 0.15) is 12.1 Å². The highest BCUT2D eigenvalue weighted by atomic mass is 16.5. The number of likely N-dealkylation sites (tertiary alicyclic amines) is 1. The predicted molar refractivity (Wildman–Crippen MR) is 72.4 cm³/mol. The van der Waals surface area contributed by atoms with Crippen LogP contribution >= 0.6 is 0 Å². The normalized spacial score (nSPS) is 18.2. The molecule has 1 fully saturated rings. The maximum atomic E-state index is 12.4. The lowest BCUT2D eigenvalue weighted by Gasteiger charge is -2.24. The maximum absolute atomic E-state index is 12.4. The number of nitrogens with zero attached hydrogens (tertiary/aromatic N) is 3. The second-order valence-electron chi connectivity index (χ2n) is 4.76. The van der Waals surface area contributed by atoms with Crippen LogP contribution in [0.25, 0.3) is 0 Å². The predicted octanol–water partition coefficient (Wildman–Crippen LogP) is 1.79. The average molecular weight is 272 g/mol. The van der Waals surface area contributed by atoms with Crippen molar-refractivity contribution in [2.45, 2.75) is 18.9 Å². The van der Waals surface area contributed by atoms with Gasteiger partial charge < -0.3 is 9.64 Å². The summed E-state index contributed by atoms with van der Waals surface area (Å²) >= 11 is 0. The molecule has 1 atom stereocenters. The molecule has 2 heterocycles. The van der Waals surface area contributed by atoms with Crippen molar-refractivity contribution >= 4 is 5.91 Å². The molecule has 0 bridgehead atoms. The largest absolute Gasteiger partial charge is 0.497 e. The number of amides is 1. The van der Waals surface area contributed by atoms with Crippen LogP contribution in [-0.2, 0) is 0 Å². The van der Waals surface area contributed by atoms with Crippen LogP contribution in [0.5, 0.6) is 5.75 Å². The van der Waals surface area contributed by atoms with E-state index < -0.39 is 0 Å². The quantitative estimate of drug-likeness (QED) is 0.924. The van der Waals surface area contributed by atoms with E-state index in [2.05, 4.69) is 15.2 Å². The van der Waals surface area contributed by atoms with E-state index in [0.29, 0.717) is 5.82 Å². The molecular formula is C14H16N4O2. The van der Waals surface area contributed by atoms with Gasteiger partial charge in [0, 0.05) is 6.54 Å². The summed E-state index contributed by atoms with van der Waals surface area (Å²) in [5, 5.41) is 6.37. The lowest BCUT2D eigenvalue weighted by molar-refractivity contribution is 0.0723. The minimum atomic E-state index is -0.0965. The van der Waals surface area contributed by atoms with E-state index in [1.54, 1.807) is 7.11 Å². The average Bonchev–Trinajstić information content (AvgIpc) is 3.18. The third-order valence-corrected chi connectivity index (χ3v) is 3.63. The molecule has 3 rings (SSSR count). The van der Waals surface area contributed by atoms with Crippen LogP contribution in [-0.4, -0.2) is 39.6 Å². The Bertz CT molecular complexity index is 580. The Balaban J connectivity index is 1.83. The number of rotatable bonds is 3. The summed E-state index contributed by atoms with van der Waals surface area (Å²) in [6.45, 7) is 0.746. The molecule has 1 unspecified atom stereocenters. The first-order chi connectivity index (χ1) is 9.79. The van der Waals surface area contributed by atoms with Crippen LogP contribution < -0.4 is 4.74 Å². The molecule has 6 heteroatoms. The number of carbonyl (C=O) groups excluding carboxylic acids is 1. The summed E-state index contributed by atoms with van der Waals surface area (Å²) in [6, 6.07) is 7.96. The summed E-state index contributed by atoms with van der Waals surface area (Å²) in [5.74, 6) is 1.02. The van der Waals surface area contributed by atoms with Gasteiger partial charge in [-0.2, -0.15) is 5.10 Å². The Labute approximate surface area is 116 Å².